The highest BCUT2D eigenvalue weighted by Crippen LogP contribution is 2.28. The van der Waals surface area contributed by atoms with Gasteiger partial charge in [-0.05, 0) is 48.1 Å². The van der Waals surface area contributed by atoms with Crippen LogP contribution in [0.2, 0.25) is 0 Å². The highest BCUT2D eigenvalue weighted by molar-refractivity contribution is 5.92. The normalized spacial score (nSPS) is 14.8. The quantitative estimate of drug-likeness (QED) is 0.844. The van der Waals surface area contributed by atoms with Gasteiger partial charge in [-0.25, -0.2) is 4.98 Å². The molecule has 0 spiro atoms. The minimum atomic E-state index is 0.0900. The van der Waals surface area contributed by atoms with Gasteiger partial charge in [0.05, 0.1) is 11.9 Å². The second-order valence-corrected chi connectivity index (χ2v) is 7.50. The second kappa shape index (κ2) is 6.63. The summed E-state index contributed by atoms with van der Waals surface area (Å²) in [6.07, 6.45) is 4.89. The Balaban J connectivity index is 1.60. The van der Waals surface area contributed by atoms with E-state index in [0.717, 1.165) is 30.6 Å². The number of anilines is 3. The van der Waals surface area contributed by atoms with Crippen LogP contribution in [0.1, 0.15) is 45.6 Å². The van der Waals surface area contributed by atoms with Gasteiger partial charge in [-0.2, -0.15) is 0 Å². The molecular weight excluding hydrogens is 298 g/mol. The van der Waals surface area contributed by atoms with E-state index in [1.807, 2.05) is 12.1 Å². The zero-order valence-electron chi connectivity index (χ0n) is 14.6. The van der Waals surface area contributed by atoms with Gasteiger partial charge in [0.15, 0.2) is 0 Å². The fourth-order valence-electron chi connectivity index (χ4n) is 2.66. The van der Waals surface area contributed by atoms with Gasteiger partial charge in [-0.15, -0.1) is 0 Å². The molecule has 0 radical (unpaired) electrons. The van der Waals surface area contributed by atoms with E-state index in [-0.39, 0.29) is 17.2 Å². The van der Waals surface area contributed by atoms with Crippen LogP contribution in [0, 0.1) is 5.92 Å². The SMILES string of the molecule is CC(C)(C)c1ccc(Nc2ccc(NC(=O)C3CCC3)nc2)cc1. The molecular formula is C20H25N3O. The molecule has 0 saturated heterocycles. The molecule has 4 heteroatoms. The Kier molecular flexibility index (Phi) is 4.56. The lowest BCUT2D eigenvalue weighted by molar-refractivity contribution is -0.122. The molecule has 0 bridgehead atoms. The molecule has 1 aromatic heterocycles. The summed E-state index contributed by atoms with van der Waals surface area (Å²) in [7, 11) is 0. The molecule has 24 heavy (non-hydrogen) atoms. The Morgan fingerprint density at radius 3 is 2.21 bits per heavy atom. The van der Waals surface area contributed by atoms with E-state index in [2.05, 4.69) is 60.7 Å². The van der Waals surface area contributed by atoms with Crippen molar-refractivity contribution in [1.29, 1.82) is 0 Å². The van der Waals surface area contributed by atoms with Crippen LogP contribution in [-0.2, 0) is 10.2 Å². The van der Waals surface area contributed by atoms with Crippen molar-refractivity contribution >= 4 is 23.1 Å². The highest BCUT2D eigenvalue weighted by atomic mass is 16.2. The molecule has 0 aliphatic heterocycles. The Bertz CT molecular complexity index is 695. The number of rotatable bonds is 4. The molecule has 0 unspecified atom stereocenters. The molecule has 3 rings (SSSR count). The summed E-state index contributed by atoms with van der Waals surface area (Å²) in [6.45, 7) is 6.61. The molecule has 1 aliphatic carbocycles. The van der Waals surface area contributed by atoms with Gasteiger partial charge in [0.1, 0.15) is 5.82 Å². The Labute approximate surface area is 143 Å². The Morgan fingerprint density at radius 1 is 1.04 bits per heavy atom. The van der Waals surface area contributed by atoms with E-state index in [1.165, 1.54) is 5.56 Å². The number of carbonyl (C=O) groups excluding carboxylic acids is 1. The van der Waals surface area contributed by atoms with E-state index in [4.69, 9.17) is 0 Å². The fraction of sp³-hybridized carbons (Fsp3) is 0.400. The predicted octanol–water partition coefficient (Wildman–Crippen LogP) is 4.86. The lowest BCUT2D eigenvalue weighted by Gasteiger charge is -2.23. The van der Waals surface area contributed by atoms with Crippen LogP contribution in [0.4, 0.5) is 17.2 Å². The number of nitrogens with one attached hydrogen (secondary N) is 2. The van der Waals surface area contributed by atoms with Crippen LogP contribution in [0.5, 0.6) is 0 Å². The second-order valence-electron chi connectivity index (χ2n) is 7.50. The minimum Gasteiger partial charge on any atom is -0.354 e. The monoisotopic (exact) mass is 323 g/mol. The molecule has 126 valence electrons. The van der Waals surface area contributed by atoms with E-state index >= 15 is 0 Å². The van der Waals surface area contributed by atoms with Crippen molar-refractivity contribution in [2.75, 3.05) is 10.6 Å². The lowest BCUT2D eigenvalue weighted by atomic mass is 9.85. The number of aromatic nitrogens is 1. The number of amides is 1. The molecule has 1 aromatic carbocycles. The van der Waals surface area contributed by atoms with Crippen molar-refractivity contribution in [3.05, 3.63) is 48.2 Å². The van der Waals surface area contributed by atoms with Crippen LogP contribution in [0.3, 0.4) is 0 Å². The van der Waals surface area contributed by atoms with Crippen LogP contribution < -0.4 is 10.6 Å². The average molecular weight is 323 g/mol. The van der Waals surface area contributed by atoms with E-state index < -0.39 is 0 Å². The number of pyridine rings is 1. The van der Waals surface area contributed by atoms with Crippen molar-refractivity contribution in [2.24, 2.45) is 5.92 Å². The van der Waals surface area contributed by atoms with E-state index in [9.17, 15) is 4.79 Å². The van der Waals surface area contributed by atoms with Gasteiger partial charge >= 0.3 is 0 Å². The summed E-state index contributed by atoms with van der Waals surface area (Å²) >= 11 is 0. The Hall–Kier alpha value is -2.36. The van der Waals surface area contributed by atoms with Crippen molar-refractivity contribution < 1.29 is 4.79 Å². The number of hydrogen-bond acceptors (Lipinski definition) is 3. The van der Waals surface area contributed by atoms with E-state index in [0.29, 0.717) is 5.82 Å². The molecule has 4 nitrogen and oxygen atoms in total. The Morgan fingerprint density at radius 2 is 1.71 bits per heavy atom. The van der Waals surface area contributed by atoms with Crippen molar-refractivity contribution in [3.8, 4) is 0 Å². The van der Waals surface area contributed by atoms with Crippen LogP contribution in [0.15, 0.2) is 42.6 Å². The molecule has 1 saturated carbocycles. The maximum Gasteiger partial charge on any atom is 0.228 e. The molecule has 2 N–H and O–H groups in total. The van der Waals surface area contributed by atoms with Crippen LogP contribution >= 0.6 is 0 Å². The topological polar surface area (TPSA) is 54.0 Å². The number of benzene rings is 1. The predicted molar refractivity (Wildman–Crippen MR) is 98.6 cm³/mol. The van der Waals surface area contributed by atoms with Crippen molar-refractivity contribution in [3.63, 3.8) is 0 Å². The smallest absolute Gasteiger partial charge is 0.228 e. The minimum absolute atomic E-state index is 0.0900. The molecule has 0 atom stereocenters. The molecule has 1 fully saturated rings. The maximum absolute atomic E-state index is 11.9. The van der Waals surface area contributed by atoms with Crippen LogP contribution in [0.25, 0.3) is 0 Å². The first-order valence-electron chi connectivity index (χ1n) is 8.56. The standard InChI is InChI=1S/C20H25N3O/c1-20(2,3)15-7-9-16(10-8-15)22-17-11-12-18(21-13-17)23-19(24)14-5-4-6-14/h7-14,22H,4-6H2,1-3H3,(H,21,23,24). The summed E-state index contributed by atoms with van der Waals surface area (Å²) < 4.78 is 0. The third-order valence-corrected chi connectivity index (χ3v) is 4.53. The fourth-order valence-corrected chi connectivity index (χ4v) is 2.66. The summed E-state index contributed by atoms with van der Waals surface area (Å²) in [5.41, 5.74) is 3.39. The van der Waals surface area contributed by atoms with Gasteiger partial charge in [-0.3, -0.25) is 4.79 Å². The highest BCUT2D eigenvalue weighted by Gasteiger charge is 2.25. The number of nitrogens with zero attached hydrogens (tertiary/aromatic N) is 1. The zero-order valence-corrected chi connectivity index (χ0v) is 14.6. The van der Waals surface area contributed by atoms with Crippen molar-refractivity contribution in [1.82, 2.24) is 4.98 Å². The third kappa shape index (κ3) is 3.94. The first kappa shape index (κ1) is 16.5. The first-order chi connectivity index (χ1) is 11.4. The molecule has 2 aromatic rings. The van der Waals surface area contributed by atoms with Gasteiger partial charge < -0.3 is 10.6 Å². The average Bonchev–Trinajstić information content (AvgIpc) is 2.47. The summed E-state index contributed by atoms with van der Waals surface area (Å²) in [6, 6.07) is 12.2. The number of carbonyl (C=O) groups is 1. The largest absolute Gasteiger partial charge is 0.354 e. The molecule has 1 amide bonds. The maximum atomic E-state index is 11.9. The van der Waals surface area contributed by atoms with Gasteiger partial charge in [0.25, 0.3) is 0 Å². The van der Waals surface area contributed by atoms with Gasteiger partial charge in [0.2, 0.25) is 5.91 Å². The lowest BCUT2D eigenvalue weighted by Crippen LogP contribution is -2.28. The zero-order chi connectivity index (χ0) is 17.2. The van der Waals surface area contributed by atoms with Crippen molar-refractivity contribution in [2.45, 2.75) is 45.4 Å². The molecule has 1 aliphatic rings. The van der Waals surface area contributed by atoms with E-state index in [1.54, 1.807) is 6.20 Å². The first-order valence-corrected chi connectivity index (χ1v) is 8.56. The molecule has 1 heterocycles. The summed E-state index contributed by atoms with van der Waals surface area (Å²) in [4.78, 5) is 16.2. The summed E-state index contributed by atoms with van der Waals surface area (Å²) in [5.74, 6) is 0.874. The van der Waals surface area contributed by atoms with Gasteiger partial charge in [-0.1, -0.05) is 39.3 Å². The summed E-state index contributed by atoms with van der Waals surface area (Å²) in [5, 5.41) is 6.21. The van der Waals surface area contributed by atoms with Crippen LogP contribution in [-0.4, -0.2) is 10.9 Å². The van der Waals surface area contributed by atoms with Gasteiger partial charge in [0, 0.05) is 11.6 Å². The third-order valence-electron chi connectivity index (χ3n) is 4.53. The number of hydrogen-bond donors (Lipinski definition) is 2.